The van der Waals surface area contributed by atoms with Gasteiger partial charge in [0, 0.05) is 11.6 Å². The van der Waals surface area contributed by atoms with Gasteiger partial charge in [-0.1, -0.05) is 26.0 Å². The van der Waals surface area contributed by atoms with Gasteiger partial charge in [-0.15, -0.1) is 0 Å². The van der Waals surface area contributed by atoms with Crippen LogP contribution in [0.4, 0.5) is 0 Å². The van der Waals surface area contributed by atoms with Crippen LogP contribution in [0.1, 0.15) is 57.0 Å². The second-order valence-corrected chi connectivity index (χ2v) is 6.52. The molecule has 2 N–H and O–H groups in total. The van der Waals surface area contributed by atoms with E-state index in [9.17, 15) is 9.90 Å². The molecule has 20 heavy (non-hydrogen) atoms. The van der Waals surface area contributed by atoms with Gasteiger partial charge in [0.05, 0.1) is 5.60 Å². The topological polar surface area (TPSA) is 49.3 Å². The second-order valence-electron chi connectivity index (χ2n) is 6.52. The third-order valence-electron chi connectivity index (χ3n) is 3.57. The van der Waals surface area contributed by atoms with Gasteiger partial charge in [-0.05, 0) is 57.2 Å². The number of hydrogen-bond acceptors (Lipinski definition) is 2. The SMILES string of the molecule is CC(C)[C@@H](C)NC(=O)c1cccc(CCC(C)(C)O)c1. The van der Waals surface area contributed by atoms with Gasteiger partial charge in [0.1, 0.15) is 0 Å². The number of aliphatic hydroxyl groups is 1. The minimum atomic E-state index is -0.676. The average Bonchev–Trinajstić information content (AvgIpc) is 2.35. The van der Waals surface area contributed by atoms with Gasteiger partial charge < -0.3 is 10.4 Å². The van der Waals surface area contributed by atoms with Crippen LogP contribution in [0.3, 0.4) is 0 Å². The fraction of sp³-hybridized carbons (Fsp3) is 0.588. The predicted molar refractivity (Wildman–Crippen MR) is 82.8 cm³/mol. The molecule has 0 heterocycles. The van der Waals surface area contributed by atoms with Crippen molar-refractivity contribution in [2.45, 2.75) is 59.1 Å². The monoisotopic (exact) mass is 277 g/mol. The fourth-order valence-electron chi connectivity index (χ4n) is 1.78. The standard InChI is InChI=1S/C17H27NO2/c1-12(2)13(3)18-16(19)15-8-6-7-14(11-15)9-10-17(4,5)20/h6-8,11-13,20H,9-10H2,1-5H3,(H,18,19)/t13-/m1/s1. The van der Waals surface area contributed by atoms with Gasteiger partial charge in [-0.2, -0.15) is 0 Å². The van der Waals surface area contributed by atoms with E-state index in [1.807, 2.05) is 31.2 Å². The summed E-state index contributed by atoms with van der Waals surface area (Å²) in [6.07, 6.45) is 1.45. The van der Waals surface area contributed by atoms with E-state index in [4.69, 9.17) is 0 Å². The maximum atomic E-state index is 12.2. The van der Waals surface area contributed by atoms with E-state index in [-0.39, 0.29) is 11.9 Å². The normalized spacial score (nSPS) is 13.3. The summed E-state index contributed by atoms with van der Waals surface area (Å²) in [5.74, 6) is 0.383. The van der Waals surface area contributed by atoms with Crippen LogP contribution in [-0.2, 0) is 6.42 Å². The maximum absolute atomic E-state index is 12.2. The molecule has 0 bridgehead atoms. The van der Waals surface area contributed by atoms with Gasteiger partial charge in [-0.3, -0.25) is 4.79 Å². The Hall–Kier alpha value is -1.35. The Morgan fingerprint density at radius 3 is 2.50 bits per heavy atom. The highest BCUT2D eigenvalue weighted by atomic mass is 16.3. The molecule has 112 valence electrons. The molecular formula is C17H27NO2. The lowest BCUT2D eigenvalue weighted by molar-refractivity contribution is 0.0714. The molecule has 1 atom stereocenters. The number of amides is 1. The van der Waals surface area contributed by atoms with E-state index in [0.29, 0.717) is 17.9 Å². The van der Waals surface area contributed by atoms with Crippen molar-refractivity contribution in [3.63, 3.8) is 0 Å². The minimum absolute atomic E-state index is 0.0312. The molecule has 1 amide bonds. The van der Waals surface area contributed by atoms with Crippen molar-refractivity contribution in [3.05, 3.63) is 35.4 Å². The lowest BCUT2D eigenvalue weighted by Gasteiger charge is -2.18. The Balaban J connectivity index is 2.70. The number of rotatable bonds is 6. The van der Waals surface area contributed by atoms with Crippen molar-refractivity contribution in [1.82, 2.24) is 5.32 Å². The van der Waals surface area contributed by atoms with Crippen LogP contribution in [0.25, 0.3) is 0 Å². The van der Waals surface area contributed by atoms with Crippen LogP contribution in [0.2, 0.25) is 0 Å². The van der Waals surface area contributed by atoms with E-state index in [1.165, 1.54) is 0 Å². The molecule has 1 aromatic rings. The first-order valence-electron chi connectivity index (χ1n) is 7.31. The van der Waals surface area contributed by atoms with Crippen molar-refractivity contribution in [1.29, 1.82) is 0 Å². The number of aryl methyl sites for hydroxylation is 1. The molecule has 0 radical (unpaired) electrons. The molecule has 0 saturated carbocycles. The number of carbonyl (C=O) groups is 1. The summed E-state index contributed by atoms with van der Waals surface area (Å²) in [7, 11) is 0. The Labute approximate surface area is 122 Å². The molecule has 3 heteroatoms. The number of benzene rings is 1. The summed E-state index contributed by atoms with van der Waals surface area (Å²) in [5.41, 5.74) is 1.09. The van der Waals surface area contributed by atoms with Crippen LogP contribution >= 0.6 is 0 Å². The summed E-state index contributed by atoms with van der Waals surface area (Å²) >= 11 is 0. The first-order chi connectivity index (χ1) is 9.19. The average molecular weight is 277 g/mol. The summed E-state index contributed by atoms with van der Waals surface area (Å²) in [6.45, 7) is 9.79. The quantitative estimate of drug-likeness (QED) is 0.839. The Morgan fingerprint density at radius 1 is 1.30 bits per heavy atom. The smallest absolute Gasteiger partial charge is 0.251 e. The minimum Gasteiger partial charge on any atom is -0.390 e. The largest absolute Gasteiger partial charge is 0.390 e. The van der Waals surface area contributed by atoms with Crippen molar-refractivity contribution in [2.75, 3.05) is 0 Å². The van der Waals surface area contributed by atoms with Gasteiger partial charge in [0.25, 0.3) is 5.91 Å². The zero-order valence-electron chi connectivity index (χ0n) is 13.2. The lowest BCUT2D eigenvalue weighted by atomic mass is 9.97. The van der Waals surface area contributed by atoms with Crippen molar-refractivity contribution >= 4 is 5.91 Å². The summed E-state index contributed by atoms with van der Waals surface area (Å²) < 4.78 is 0. The lowest BCUT2D eigenvalue weighted by Crippen LogP contribution is -2.36. The van der Waals surface area contributed by atoms with Crippen LogP contribution in [-0.4, -0.2) is 22.7 Å². The van der Waals surface area contributed by atoms with E-state index < -0.39 is 5.60 Å². The molecule has 0 unspecified atom stereocenters. The second kappa shape index (κ2) is 6.89. The highest BCUT2D eigenvalue weighted by Gasteiger charge is 2.14. The van der Waals surface area contributed by atoms with E-state index >= 15 is 0 Å². The number of carbonyl (C=O) groups excluding carboxylic acids is 1. The Bertz CT molecular complexity index is 447. The van der Waals surface area contributed by atoms with E-state index in [2.05, 4.69) is 19.2 Å². The zero-order chi connectivity index (χ0) is 15.3. The highest BCUT2D eigenvalue weighted by molar-refractivity contribution is 5.94. The molecule has 0 fully saturated rings. The highest BCUT2D eigenvalue weighted by Crippen LogP contribution is 2.14. The third kappa shape index (κ3) is 5.74. The maximum Gasteiger partial charge on any atom is 0.251 e. The summed E-state index contributed by atoms with van der Waals surface area (Å²) in [4.78, 5) is 12.2. The molecule has 0 aliphatic rings. The summed E-state index contributed by atoms with van der Waals surface area (Å²) in [6, 6.07) is 7.79. The third-order valence-corrected chi connectivity index (χ3v) is 3.57. The van der Waals surface area contributed by atoms with Gasteiger partial charge in [-0.25, -0.2) is 0 Å². The molecule has 0 aliphatic heterocycles. The molecule has 1 rings (SSSR count). The van der Waals surface area contributed by atoms with Crippen molar-refractivity contribution in [2.24, 2.45) is 5.92 Å². The zero-order valence-corrected chi connectivity index (χ0v) is 13.2. The Kier molecular flexibility index (Phi) is 5.75. The first kappa shape index (κ1) is 16.7. The van der Waals surface area contributed by atoms with Gasteiger partial charge in [0.2, 0.25) is 0 Å². The molecule has 3 nitrogen and oxygen atoms in total. The van der Waals surface area contributed by atoms with Crippen molar-refractivity contribution in [3.8, 4) is 0 Å². The molecule has 1 aromatic carbocycles. The molecule has 0 aliphatic carbocycles. The van der Waals surface area contributed by atoms with Crippen LogP contribution in [0.15, 0.2) is 24.3 Å². The van der Waals surface area contributed by atoms with E-state index in [0.717, 1.165) is 12.0 Å². The molecule has 0 spiro atoms. The predicted octanol–water partition coefficient (Wildman–Crippen LogP) is 3.16. The van der Waals surface area contributed by atoms with Crippen LogP contribution in [0, 0.1) is 5.92 Å². The molecular weight excluding hydrogens is 250 g/mol. The number of hydrogen-bond donors (Lipinski definition) is 2. The van der Waals surface area contributed by atoms with Crippen molar-refractivity contribution < 1.29 is 9.90 Å². The first-order valence-corrected chi connectivity index (χ1v) is 7.31. The molecule has 0 aromatic heterocycles. The van der Waals surface area contributed by atoms with Crippen LogP contribution < -0.4 is 5.32 Å². The fourth-order valence-corrected chi connectivity index (χ4v) is 1.78. The van der Waals surface area contributed by atoms with Crippen LogP contribution in [0.5, 0.6) is 0 Å². The molecule has 0 saturated heterocycles. The van der Waals surface area contributed by atoms with Gasteiger partial charge in [0.15, 0.2) is 0 Å². The summed E-state index contributed by atoms with van der Waals surface area (Å²) in [5, 5.41) is 12.8. The number of nitrogens with one attached hydrogen (secondary N) is 1. The van der Waals surface area contributed by atoms with Gasteiger partial charge >= 0.3 is 0 Å². The van der Waals surface area contributed by atoms with E-state index in [1.54, 1.807) is 13.8 Å². The Morgan fingerprint density at radius 2 is 1.95 bits per heavy atom.